The van der Waals surface area contributed by atoms with Gasteiger partial charge in [0.25, 0.3) is 0 Å². The summed E-state index contributed by atoms with van der Waals surface area (Å²) in [5.41, 5.74) is 19.0. The molecule has 0 amide bonds. The smallest absolute Gasteiger partial charge is 0.159 e. The highest BCUT2D eigenvalue weighted by Crippen LogP contribution is 2.52. The van der Waals surface area contributed by atoms with Crippen molar-refractivity contribution in [2.24, 2.45) is 0 Å². The van der Waals surface area contributed by atoms with E-state index in [-0.39, 0.29) is 0 Å². The van der Waals surface area contributed by atoms with Crippen molar-refractivity contribution in [3.63, 3.8) is 0 Å². The molecule has 2 heterocycles. The van der Waals surface area contributed by atoms with Gasteiger partial charge in [-0.1, -0.05) is 109 Å². The summed E-state index contributed by atoms with van der Waals surface area (Å²) in [6, 6.07) is 57.5. The van der Waals surface area contributed by atoms with Crippen LogP contribution in [0.25, 0.3) is 122 Å². The summed E-state index contributed by atoms with van der Waals surface area (Å²) in [5, 5.41) is 5.13. The summed E-state index contributed by atoms with van der Waals surface area (Å²) in [5.74, 6) is 1.31. The van der Waals surface area contributed by atoms with Crippen LogP contribution < -0.4 is 0 Å². The van der Waals surface area contributed by atoms with E-state index < -0.39 is 0 Å². The van der Waals surface area contributed by atoms with Crippen molar-refractivity contribution in [2.45, 2.75) is 0 Å². The first-order valence-corrected chi connectivity index (χ1v) is 18.9. The van der Waals surface area contributed by atoms with Crippen LogP contribution in [-0.2, 0) is 0 Å². The molecule has 56 heavy (non-hydrogen) atoms. The molecule has 4 nitrogen and oxygen atoms in total. The fourth-order valence-corrected chi connectivity index (χ4v) is 9.17. The first kappa shape index (κ1) is 30.9. The highest BCUT2D eigenvalue weighted by molar-refractivity contribution is 6.20. The lowest BCUT2D eigenvalue weighted by Gasteiger charge is -2.16. The normalized spacial score (nSPS) is 11.9. The number of fused-ring (bicyclic) bond motifs is 6. The summed E-state index contributed by atoms with van der Waals surface area (Å²) in [6.45, 7) is 0. The Kier molecular flexibility index (Phi) is 6.60. The summed E-state index contributed by atoms with van der Waals surface area (Å²) < 4.78 is 0. The van der Waals surface area contributed by atoms with Crippen LogP contribution in [0.3, 0.4) is 0 Å². The van der Waals surface area contributed by atoms with Crippen molar-refractivity contribution in [1.29, 1.82) is 0 Å². The number of hydrogen-bond acceptors (Lipinski definition) is 4. The number of nitrogens with zero attached hydrogens (tertiary/aromatic N) is 4. The van der Waals surface area contributed by atoms with Gasteiger partial charge < -0.3 is 0 Å². The molecule has 0 saturated carbocycles. The molecular weight excluding hydrogens is 681 g/mol. The molecular formula is C52H30N4. The molecule has 0 aliphatic heterocycles. The standard InChI is InChI=1S/C52H30N4/c1-3-11-41-39(9-1)45-15-5-13-43-37(17-19-47(41)49(43)45)33-25-31(32-27-35(51-53-21-7-22-54-51)30-36(28-32)52-55-23-8-24-56-52)26-34(29-33)38-18-20-48-42-12-4-2-10-40(42)46-16-6-14-44(38)50(46)48/h1-30H. The third-order valence-electron chi connectivity index (χ3n) is 11.6. The van der Waals surface area contributed by atoms with Crippen molar-refractivity contribution < 1.29 is 0 Å². The number of rotatable bonds is 5. The highest BCUT2D eigenvalue weighted by atomic mass is 14.9. The molecule has 12 rings (SSSR count). The molecule has 0 atom stereocenters. The van der Waals surface area contributed by atoms with Gasteiger partial charge in [0.2, 0.25) is 0 Å². The first-order valence-electron chi connectivity index (χ1n) is 18.9. The average Bonchev–Trinajstić information content (AvgIpc) is 3.78. The van der Waals surface area contributed by atoms with Crippen molar-refractivity contribution in [2.75, 3.05) is 0 Å². The molecule has 4 heteroatoms. The van der Waals surface area contributed by atoms with Gasteiger partial charge in [-0.25, -0.2) is 19.9 Å². The quantitative estimate of drug-likeness (QED) is 0.178. The van der Waals surface area contributed by atoms with E-state index in [4.69, 9.17) is 0 Å². The Hall–Kier alpha value is -7.56. The molecule has 0 N–H and O–H groups in total. The van der Waals surface area contributed by atoms with Gasteiger partial charge in [0.1, 0.15) is 0 Å². The Labute approximate surface area is 323 Å². The predicted molar refractivity (Wildman–Crippen MR) is 229 cm³/mol. The van der Waals surface area contributed by atoms with Crippen LogP contribution >= 0.6 is 0 Å². The SMILES string of the molecule is c1cnc(-c2cc(-c3cc(-c4ccc5c6c(cccc46)-c4ccccc4-5)cc(-c4ccc5c6c(cccc46)-c4ccccc4-5)c3)cc(-c3ncccn3)c2)nc1. The van der Waals surface area contributed by atoms with Gasteiger partial charge in [-0.05, 0) is 148 Å². The van der Waals surface area contributed by atoms with Crippen molar-refractivity contribution >= 4 is 21.5 Å². The van der Waals surface area contributed by atoms with Crippen molar-refractivity contribution in [3.05, 3.63) is 183 Å². The summed E-state index contributed by atoms with van der Waals surface area (Å²) in [4.78, 5) is 18.6. The van der Waals surface area contributed by atoms with Crippen molar-refractivity contribution in [3.8, 4) is 101 Å². The molecule has 0 spiro atoms. The Bertz CT molecular complexity index is 2970. The van der Waals surface area contributed by atoms with Crippen LogP contribution in [-0.4, -0.2) is 19.9 Å². The fraction of sp³-hybridized carbons (Fsp3) is 0. The molecule has 2 aliphatic carbocycles. The third-order valence-corrected chi connectivity index (χ3v) is 11.6. The molecule has 0 bridgehead atoms. The monoisotopic (exact) mass is 710 g/mol. The van der Waals surface area contributed by atoms with E-state index in [1.165, 1.54) is 77.2 Å². The van der Waals surface area contributed by atoms with E-state index in [1.54, 1.807) is 24.8 Å². The van der Waals surface area contributed by atoms with Crippen LogP contribution in [0.1, 0.15) is 0 Å². The lowest BCUT2D eigenvalue weighted by molar-refractivity contribution is 1.16. The van der Waals surface area contributed by atoms with E-state index in [1.807, 2.05) is 12.1 Å². The zero-order chi connectivity index (χ0) is 36.7. The molecule has 0 fully saturated rings. The minimum atomic E-state index is 0.655. The lowest BCUT2D eigenvalue weighted by Crippen LogP contribution is -1.94. The zero-order valence-corrected chi connectivity index (χ0v) is 30.1. The summed E-state index contributed by atoms with van der Waals surface area (Å²) in [7, 11) is 0. The molecule has 2 aromatic heterocycles. The predicted octanol–water partition coefficient (Wildman–Crippen LogP) is 13.2. The lowest BCUT2D eigenvalue weighted by atomic mass is 9.87. The van der Waals surface area contributed by atoms with Gasteiger partial charge >= 0.3 is 0 Å². The maximum absolute atomic E-state index is 4.64. The van der Waals surface area contributed by atoms with Gasteiger partial charge in [0.05, 0.1) is 0 Å². The van der Waals surface area contributed by atoms with E-state index in [0.29, 0.717) is 11.6 Å². The van der Waals surface area contributed by atoms with Crippen LogP contribution in [0.5, 0.6) is 0 Å². The Morgan fingerprint density at radius 2 is 0.554 bits per heavy atom. The van der Waals surface area contributed by atoms with Crippen LogP contribution in [0.4, 0.5) is 0 Å². The summed E-state index contributed by atoms with van der Waals surface area (Å²) >= 11 is 0. The molecule has 0 radical (unpaired) electrons. The second kappa shape index (κ2) is 12.0. The molecule has 2 aliphatic rings. The van der Waals surface area contributed by atoms with Crippen LogP contribution in [0.15, 0.2) is 183 Å². The van der Waals surface area contributed by atoms with Gasteiger partial charge in [-0.2, -0.15) is 0 Å². The first-order chi connectivity index (χ1) is 27.8. The fourth-order valence-electron chi connectivity index (χ4n) is 9.17. The Morgan fingerprint density at radius 3 is 0.982 bits per heavy atom. The Balaban J connectivity index is 1.13. The van der Waals surface area contributed by atoms with Gasteiger partial charge in [-0.3, -0.25) is 0 Å². The van der Waals surface area contributed by atoms with Gasteiger partial charge in [-0.15, -0.1) is 0 Å². The third kappa shape index (κ3) is 4.60. The minimum absolute atomic E-state index is 0.655. The second-order valence-corrected chi connectivity index (χ2v) is 14.6. The van der Waals surface area contributed by atoms with Gasteiger partial charge in [0, 0.05) is 35.9 Å². The largest absolute Gasteiger partial charge is 0.237 e. The molecule has 8 aromatic carbocycles. The minimum Gasteiger partial charge on any atom is -0.237 e. The summed E-state index contributed by atoms with van der Waals surface area (Å²) in [6.07, 6.45) is 7.14. The van der Waals surface area contributed by atoms with Crippen molar-refractivity contribution in [1.82, 2.24) is 19.9 Å². The Morgan fingerprint density at radius 1 is 0.232 bits per heavy atom. The topological polar surface area (TPSA) is 51.6 Å². The highest BCUT2D eigenvalue weighted by Gasteiger charge is 2.25. The molecule has 0 unspecified atom stereocenters. The molecule has 10 aromatic rings. The van der Waals surface area contributed by atoms with E-state index in [2.05, 4.69) is 166 Å². The van der Waals surface area contributed by atoms with Crippen LogP contribution in [0, 0.1) is 0 Å². The average molecular weight is 711 g/mol. The molecule has 258 valence electrons. The molecule has 0 saturated heterocycles. The maximum atomic E-state index is 4.64. The van der Waals surface area contributed by atoms with E-state index in [9.17, 15) is 0 Å². The second-order valence-electron chi connectivity index (χ2n) is 14.6. The number of benzene rings is 8. The van der Waals surface area contributed by atoms with Gasteiger partial charge in [0.15, 0.2) is 11.6 Å². The maximum Gasteiger partial charge on any atom is 0.159 e. The van der Waals surface area contributed by atoms with E-state index >= 15 is 0 Å². The van der Waals surface area contributed by atoms with Crippen LogP contribution in [0.2, 0.25) is 0 Å². The van der Waals surface area contributed by atoms with E-state index in [0.717, 1.165) is 33.4 Å². The number of hydrogen-bond donors (Lipinski definition) is 0. The zero-order valence-electron chi connectivity index (χ0n) is 30.1. The number of aromatic nitrogens is 4.